The molecule has 0 spiro atoms. The standard InChI is InChI=1S/C24H29ClN2O3/c1-16(2)22(17-8-4-3-5-9-17)30-19-14-12-18(13-15-19)26-24(29)27-23(28)20-10-6-7-11-21(20)25/h6-7,10-17,22H,3-5,8-9H2,1-2H3,(H2,26,27,28,29). The van der Waals surface area contributed by atoms with Gasteiger partial charge in [0, 0.05) is 5.69 Å². The molecule has 2 aromatic rings. The fraction of sp³-hybridized carbons (Fsp3) is 0.417. The minimum atomic E-state index is -0.615. The number of anilines is 1. The first-order valence-corrected chi connectivity index (χ1v) is 11.0. The van der Waals surface area contributed by atoms with Crippen molar-refractivity contribution in [3.63, 3.8) is 0 Å². The predicted molar refractivity (Wildman–Crippen MR) is 120 cm³/mol. The molecule has 0 aliphatic heterocycles. The van der Waals surface area contributed by atoms with Gasteiger partial charge in [-0.1, -0.05) is 56.8 Å². The van der Waals surface area contributed by atoms with Crippen LogP contribution in [0, 0.1) is 11.8 Å². The number of urea groups is 1. The van der Waals surface area contributed by atoms with E-state index in [0.717, 1.165) is 5.75 Å². The Balaban J connectivity index is 1.56. The Morgan fingerprint density at radius 2 is 1.67 bits per heavy atom. The SMILES string of the molecule is CC(C)C(Oc1ccc(NC(=O)NC(=O)c2ccccc2Cl)cc1)C1CCCCC1. The molecule has 2 N–H and O–H groups in total. The summed E-state index contributed by atoms with van der Waals surface area (Å²) in [5, 5.41) is 5.24. The molecular weight excluding hydrogens is 400 g/mol. The number of carbonyl (C=O) groups excluding carboxylic acids is 2. The molecule has 1 aliphatic rings. The van der Waals surface area contributed by atoms with Crippen molar-refractivity contribution in [1.82, 2.24) is 5.32 Å². The molecule has 5 nitrogen and oxygen atoms in total. The number of benzene rings is 2. The summed E-state index contributed by atoms with van der Waals surface area (Å²) >= 11 is 5.99. The molecule has 1 atom stereocenters. The average Bonchev–Trinajstić information content (AvgIpc) is 2.73. The molecule has 0 radical (unpaired) electrons. The van der Waals surface area contributed by atoms with Crippen molar-refractivity contribution in [3.8, 4) is 5.75 Å². The van der Waals surface area contributed by atoms with Crippen LogP contribution in [0.3, 0.4) is 0 Å². The van der Waals surface area contributed by atoms with Crippen LogP contribution in [0.25, 0.3) is 0 Å². The van der Waals surface area contributed by atoms with E-state index in [1.54, 1.807) is 36.4 Å². The van der Waals surface area contributed by atoms with Gasteiger partial charge < -0.3 is 10.1 Å². The van der Waals surface area contributed by atoms with Crippen LogP contribution in [0.1, 0.15) is 56.3 Å². The highest BCUT2D eigenvalue weighted by Crippen LogP contribution is 2.32. The minimum Gasteiger partial charge on any atom is -0.490 e. The number of ether oxygens (including phenoxy) is 1. The second-order valence-corrected chi connectivity index (χ2v) is 8.54. The second-order valence-electron chi connectivity index (χ2n) is 8.14. The topological polar surface area (TPSA) is 67.4 Å². The molecule has 1 unspecified atom stereocenters. The van der Waals surface area contributed by atoms with Crippen LogP contribution in [0.4, 0.5) is 10.5 Å². The molecule has 3 rings (SSSR count). The van der Waals surface area contributed by atoms with Gasteiger partial charge in [-0.15, -0.1) is 0 Å². The largest absolute Gasteiger partial charge is 0.490 e. The summed E-state index contributed by atoms with van der Waals surface area (Å²) in [7, 11) is 0. The molecule has 1 fully saturated rings. The highest BCUT2D eigenvalue weighted by molar-refractivity contribution is 6.34. The average molecular weight is 429 g/mol. The Labute approximate surface area is 183 Å². The normalized spacial score (nSPS) is 15.5. The molecule has 0 saturated heterocycles. The third-order valence-electron chi connectivity index (χ3n) is 5.50. The monoisotopic (exact) mass is 428 g/mol. The lowest BCUT2D eigenvalue weighted by atomic mass is 9.81. The number of imide groups is 1. The maximum Gasteiger partial charge on any atom is 0.326 e. The minimum absolute atomic E-state index is 0.195. The Morgan fingerprint density at radius 3 is 2.30 bits per heavy atom. The predicted octanol–water partition coefficient (Wildman–Crippen LogP) is 6.29. The van der Waals surface area contributed by atoms with Gasteiger partial charge in [-0.25, -0.2) is 4.79 Å². The van der Waals surface area contributed by atoms with Gasteiger partial charge in [-0.3, -0.25) is 10.1 Å². The quantitative estimate of drug-likeness (QED) is 0.568. The van der Waals surface area contributed by atoms with Crippen molar-refractivity contribution in [3.05, 3.63) is 59.1 Å². The van der Waals surface area contributed by atoms with E-state index in [4.69, 9.17) is 16.3 Å². The lowest BCUT2D eigenvalue weighted by Crippen LogP contribution is -2.34. The van der Waals surface area contributed by atoms with E-state index in [-0.39, 0.29) is 11.7 Å². The Bertz CT molecular complexity index is 861. The number of halogens is 1. The Morgan fingerprint density at radius 1 is 1.00 bits per heavy atom. The highest BCUT2D eigenvalue weighted by atomic mass is 35.5. The van der Waals surface area contributed by atoms with E-state index in [0.29, 0.717) is 22.5 Å². The van der Waals surface area contributed by atoms with Gasteiger partial charge in [-0.2, -0.15) is 0 Å². The van der Waals surface area contributed by atoms with Crippen molar-refractivity contribution < 1.29 is 14.3 Å². The second kappa shape index (κ2) is 10.5. The fourth-order valence-corrected chi connectivity index (χ4v) is 4.21. The van der Waals surface area contributed by atoms with Crippen molar-refractivity contribution in [1.29, 1.82) is 0 Å². The summed E-state index contributed by atoms with van der Waals surface area (Å²) in [5.74, 6) is 1.27. The molecule has 0 aromatic heterocycles. The molecule has 0 heterocycles. The molecule has 1 saturated carbocycles. The van der Waals surface area contributed by atoms with Crippen LogP contribution in [-0.2, 0) is 0 Å². The molecule has 3 amide bonds. The number of carbonyl (C=O) groups is 2. The molecule has 160 valence electrons. The number of nitrogens with one attached hydrogen (secondary N) is 2. The zero-order valence-corrected chi connectivity index (χ0v) is 18.2. The summed E-state index contributed by atoms with van der Waals surface area (Å²) in [5.41, 5.74) is 0.825. The highest BCUT2D eigenvalue weighted by Gasteiger charge is 2.27. The van der Waals surface area contributed by atoms with Gasteiger partial charge >= 0.3 is 6.03 Å². The van der Waals surface area contributed by atoms with Gasteiger partial charge in [0.25, 0.3) is 5.91 Å². The zero-order valence-electron chi connectivity index (χ0n) is 17.5. The van der Waals surface area contributed by atoms with Gasteiger partial charge in [0.1, 0.15) is 11.9 Å². The first kappa shape index (κ1) is 22.2. The van der Waals surface area contributed by atoms with Crippen LogP contribution < -0.4 is 15.4 Å². The van der Waals surface area contributed by atoms with Crippen LogP contribution in [0.2, 0.25) is 5.02 Å². The van der Waals surface area contributed by atoms with Gasteiger partial charge in [0.15, 0.2) is 0 Å². The van der Waals surface area contributed by atoms with E-state index in [1.807, 2.05) is 12.1 Å². The van der Waals surface area contributed by atoms with E-state index >= 15 is 0 Å². The molecule has 1 aliphatic carbocycles. The molecule has 30 heavy (non-hydrogen) atoms. The van der Waals surface area contributed by atoms with Gasteiger partial charge in [-0.05, 0) is 61.1 Å². The van der Waals surface area contributed by atoms with Crippen LogP contribution in [-0.4, -0.2) is 18.0 Å². The van der Waals surface area contributed by atoms with Crippen molar-refractivity contribution in [2.45, 2.75) is 52.1 Å². The van der Waals surface area contributed by atoms with E-state index in [2.05, 4.69) is 24.5 Å². The van der Waals surface area contributed by atoms with E-state index < -0.39 is 11.9 Å². The summed E-state index contributed by atoms with van der Waals surface area (Å²) in [6.45, 7) is 4.41. The molecule has 2 aromatic carbocycles. The van der Waals surface area contributed by atoms with Gasteiger partial charge in [0.2, 0.25) is 0 Å². The van der Waals surface area contributed by atoms with Crippen LogP contribution >= 0.6 is 11.6 Å². The third-order valence-corrected chi connectivity index (χ3v) is 5.83. The summed E-state index contributed by atoms with van der Waals surface area (Å²) < 4.78 is 6.31. The zero-order chi connectivity index (χ0) is 21.5. The maximum absolute atomic E-state index is 12.2. The van der Waals surface area contributed by atoms with Crippen molar-refractivity contribution >= 4 is 29.2 Å². The number of hydrogen-bond acceptors (Lipinski definition) is 3. The number of rotatable bonds is 6. The summed E-state index contributed by atoms with van der Waals surface area (Å²) in [6.07, 6.45) is 6.53. The summed E-state index contributed by atoms with van der Waals surface area (Å²) in [4.78, 5) is 24.3. The van der Waals surface area contributed by atoms with Crippen molar-refractivity contribution in [2.24, 2.45) is 11.8 Å². The molecule has 6 heteroatoms. The lowest BCUT2D eigenvalue weighted by Gasteiger charge is -2.33. The smallest absolute Gasteiger partial charge is 0.326 e. The number of amides is 3. The molecular formula is C24H29ClN2O3. The first-order valence-electron chi connectivity index (χ1n) is 10.6. The van der Waals surface area contributed by atoms with E-state index in [9.17, 15) is 9.59 Å². The van der Waals surface area contributed by atoms with Crippen LogP contribution in [0.15, 0.2) is 48.5 Å². The molecule has 0 bridgehead atoms. The van der Waals surface area contributed by atoms with Gasteiger partial charge in [0.05, 0.1) is 10.6 Å². The first-order chi connectivity index (χ1) is 14.4. The van der Waals surface area contributed by atoms with Crippen LogP contribution in [0.5, 0.6) is 5.75 Å². The van der Waals surface area contributed by atoms with Crippen molar-refractivity contribution in [2.75, 3.05) is 5.32 Å². The Kier molecular flexibility index (Phi) is 7.75. The lowest BCUT2D eigenvalue weighted by molar-refractivity contribution is 0.0684. The number of hydrogen-bond donors (Lipinski definition) is 2. The Hall–Kier alpha value is -2.53. The third kappa shape index (κ3) is 5.99. The van der Waals surface area contributed by atoms with E-state index in [1.165, 1.54) is 32.1 Å². The maximum atomic E-state index is 12.2. The fourth-order valence-electron chi connectivity index (χ4n) is 3.99. The summed E-state index contributed by atoms with van der Waals surface area (Å²) in [6, 6.07) is 13.2.